The third-order valence-electron chi connectivity index (χ3n) is 4.98. The first-order valence-corrected chi connectivity index (χ1v) is 7.50. The topological polar surface area (TPSA) is 15.3 Å². The molecule has 0 aromatic carbocycles. The van der Waals surface area contributed by atoms with Crippen LogP contribution in [-0.4, -0.2) is 35.6 Å². The van der Waals surface area contributed by atoms with Gasteiger partial charge in [-0.25, -0.2) is 0 Å². The fourth-order valence-corrected chi connectivity index (χ4v) is 2.95. The Bertz CT molecular complexity index is 219. The Morgan fingerprint density at radius 1 is 1.18 bits per heavy atom. The predicted molar refractivity (Wildman–Crippen MR) is 76.4 cm³/mol. The van der Waals surface area contributed by atoms with Crippen LogP contribution in [0.15, 0.2) is 0 Å². The lowest BCUT2D eigenvalue weighted by Gasteiger charge is -2.50. The van der Waals surface area contributed by atoms with E-state index in [0.717, 1.165) is 18.5 Å². The first kappa shape index (κ1) is 15.0. The molecule has 17 heavy (non-hydrogen) atoms. The fraction of sp³-hybridized carbons (Fsp3) is 1.00. The molecule has 1 rings (SSSR count). The standard InChI is InChI=1S/C15H32N2/c1-7-14-10-16-15(8-2,9-3)11-17(14)13(6)12(4)5/h12-14,16H,7-11H2,1-6H3. The first-order chi connectivity index (χ1) is 7.99. The second kappa shape index (κ2) is 6.19. The van der Waals surface area contributed by atoms with Crippen LogP contribution < -0.4 is 5.32 Å². The van der Waals surface area contributed by atoms with Gasteiger partial charge in [0, 0.05) is 30.7 Å². The molecule has 0 bridgehead atoms. The van der Waals surface area contributed by atoms with Crippen molar-refractivity contribution in [1.82, 2.24) is 10.2 Å². The van der Waals surface area contributed by atoms with Crippen molar-refractivity contribution in [3.05, 3.63) is 0 Å². The summed E-state index contributed by atoms with van der Waals surface area (Å²) in [5.41, 5.74) is 0.356. The number of nitrogens with zero attached hydrogens (tertiary/aromatic N) is 1. The van der Waals surface area contributed by atoms with Crippen molar-refractivity contribution in [2.45, 2.75) is 78.4 Å². The van der Waals surface area contributed by atoms with E-state index in [4.69, 9.17) is 0 Å². The van der Waals surface area contributed by atoms with Crippen molar-refractivity contribution >= 4 is 0 Å². The second-order valence-electron chi connectivity index (χ2n) is 6.09. The number of piperazine rings is 1. The van der Waals surface area contributed by atoms with Gasteiger partial charge in [0.25, 0.3) is 0 Å². The Hall–Kier alpha value is -0.0800. The summed E-state index contributed by atoms with van der Waals surface area (Å²) < 4.78 is 0. The van der Waals surface area contributed by atoms with Crippen LogP contribution in [0.3, 0.4) is 0 Å². The maximum absolute atomic E-state index is 3.82. The zero-order valence-electron chi connectivity index (χ0n) is 12.7. The highest BCUT2D eigenvalue weighted by molar-refractivity contribution is 4.98. The van der Waals surface area contributed by atoms with E-state index in [1.165, 1.54) is 25.8 Å². The minimum Gasteiger partial charge on any atom is -0.308 e. The normalized spacial score (nSPS) is 27.4. The molecule has 0 radical (unpaired) electrons. The molecular weight excluding hydrogens is 208 g/mol. The smallest absolute Gasteiger partial charge is 0.0304 e. The average Bonchev–Trinajstić information content (AvgIpc) is 2.36. The van der Waals surface area contributed by atoms with Gasteiger partial charge in [-0.1, -0.05) is 34.6 Å². The molecule has 2 nitrogen and oxygen atoms in total. The van der Waals surface area contributed by atoms with Crippen LogP contribution in [0.4, 0.5) is 0 Å². The summed E-state index contributed by atoms with van der Waals surface area (Å²) in [4.78, 5) is 2.76. The minimum absolute atomic E-state index is 0.356. The molecule has 2 unspecified atom stereocenters. The summed E-state index contributed by atoms with van der Waals surface area (Å²) in [5.74, 6) is 0.744. The van der Waals surface area contributed by atoms with E-state index in [2.05, 4.69) is 51.8 Å². The molecule has 1 aliphatic rings. The molecule has 1 saturated heterocycles. The zero-order chi connectivity index (χ0) is 13.1. The van der Waals surface area contributed by atoms with Gasteiger partial charge in [0.05, 0.1) is 0 Å². The van der Waals surface area contributed by atoms with E-state index in [1.54, 1.807) is 0 Å². The van der Waals surface area contributed by atoms with Crippen molar-refractivity contribution < 1.29 is 0 Å². The summed E-state index contributed by atoms with van der Waals surface area (Å²) in [6.45, 7) is 16.4. The number of rotatable bonds is 5. The number of nitrogens with one attached hydrogen (secondary N) is 1. The molecule has 0 saturated carbocycles. The molecule has 102 valence electrons. The van der Waals surface area contributed by atoms with Gasteiger partial charge in [-0.15, -0.1) is 0 Å². The molecule has 1 heterocycles. The van der Waals surface area contributed by atoms with Crippen molar-refractivity contribution in [3.8, 4) is 0 Å². The van der Waals surface area contributed by atoms with Gasteiger partial charge in [-0.05, 0) is 32.1 Å². The Labute approximate surface area is 108 Å². The third-order valence-corrected chi connectivity index (χ3v) is 4.98. The van der Waals surface area contributed by atoms with E-state index in [1.807, 2.05) is 0 Å². The van der Waals surface area contributed by atoms with Crippen molar-refractivity contribution in [2.75, 3.05) is 13.1 Å². The molecule has 0 aliphatic carbocycles. The van der Waals surface area contributed by atoms with E-state index in [-0.39, 0.29) is 0 Å². The molecule has 2 heteroatoms. The maximum Gasteiger partial charge on any atom is 0.0304 e. The Balaban J connectivity index is 2.81. The highest BCUT2D eigenvalue weighted by atomic mass is 15.3. The van der Waals surface area contributed by atoms with Crippen LogP contribution in [-0.2, 0) is 0 Å². The monoisotopic (exact) mass is 240 g/mol. The van der Waals surface area contributed by atoms with Crippen molar-refractivity contribution in [1.29, 1.82) is 0 Å². The molecule has 0 aromatic heterocycles. The van der Waals surface area contributed by atoms with Gasteiger partial charge >= 0.3 is 0 Å². The van der Waals surface area contributed by atoms with Gasteiger partial charge in [0.2, 0.25) is 0 Å². The molecule has 1 aliphatic heterocycles. The summed E-state index contributed by atoms with van der Waals surface area (Å²) in [7, 11) is 0. The van der Waals surface area contributed by atoms with Gasteiger partial charge < -0.3 is 5.32 Å². The molecule has 0 spiro atoms. The summed E-state index contributed by atoms with van der Waals surface area (Å²) in [6.07, 6.45) is 3.73. The van der Waals surface area contributed by atoms with E-state index in [0.29, 0.717) is 11.6 Å². The van der Waals surface area contributed by atoms with Crippen molar-refractivity contribution in [3.63, 3.8) is 0 Å². The number of hydrogen-bond donors (Lipinski definition) is 1. The Kier molecular flexibility index (Phi) is 5.46. The average molecular weight is 240 g/mol. The summed E-state index contributed by atoms with van der Waals surface area (Å²) in [5, 5.41) is 3.82. The van der Waals surface area contributed by atoms with Crippen molar-refractivity contribution in [2.24, 2.45) is 5.92 Å². The quantitative estimate of drug-likeness (QED) is 0.793. The second-order valence-corrected chi connectivity index (χ2v) is 6.09. The Morgan fingerprint density at radius 3 is 2.18 bits per heavy atom. The number of hydrogen-bond acceptors (Lipinski definition) is 2. The SMILES string of the molecule is CCC1CNC(CC)(CC)CN1C(C)C(C)C. The van der Waals surface area contributed by atoms with Crippen LogP contribution >= 0.6 is 0 Å². The minimum atomic E-state index is 0.356. The fourth-order valence-electron chi connectivity index (χ4n) is 2.95. The highest BCUT2D eigenvalue weighted by Crippen LogP contribution is 2.27. The van der Waals surface area contributed by atoms with E-state index in [9.17, 15) is 0 Å². The molecule has 0 amide bonds. The lowest BCUT2D eigenvalue weighted by atomic mass is 9.86. The lowest BCUT2D eigenvalue weighted by Crippen LogP contribution is -2.65. The molecule has 1 fully saturated rings. The molecule has 0 aromatic rings. The predicted octanol–water partition coefficient (Wildman–Crippen LogP) is 3.27. The largest absolute Gasteiger partial charge is 0.308 e. The van der Waals surface area contributed by atoms with Gasteiger partial charge in [0.15, 0.2) is 0 Å². The molecule has 2 atom stereocenters. The Morgan fingerprint density at radius 2 is 1.76 bits per heavy atom. The van der Waals surface area contributed by atoms with Gasteiger partial charge in [-0.2, -0.15) is 0 Å². The highest BCUT2D eigenvalue weighted by Gasteiger charge is 2.38. The zero-order valence-corrected chi connectivity index (χ0v) is 12.7. The summed E-state index contributed by atoms with van der Waals surface area (Å²) >= 11 is 0. The third kappa shape index (κ3) is 3.23. The van der Waals surface area contributed by atoms with Gasteiger partial charge in [0.1, 0.15) is 0 Å². The van der Waals surface area contributed by atoms with Crippen LogP contribution in [0.2, 0.25) is 0 Å². The molecule has 1 N–H and O–H groups in total. The first-order valence-electron chi connectivity index (χ1n) is 7.50. The summed E-state index contributed by atoms with van der Waals surface area (Å²) in [6, 6.07) is 1.41. The van der Waals surface area contributed by atoms with Crippen LogP contribution in [0.25, 0.3) is 0 Å². The van der Waals surface area contributed by atoms with Crippen LogP contribution in [0, 0.1) is 5.92 Å². The molecular formula is C15H32N2. The van der Waals surface area contributed by atoms with E-state index < -0.39 is 0 Å². The van der Waals surface area contributed by atoms with Gasteiger partial charge in [-0.3, -0.25) is 4.90 Å². The van der Waals surface area contributed by atoms with Crippen LogP contribution in [0.1, 0.15) is 60.8 Å². The lowest BCUT2D eigenvalue weighted by molar-refractivity contribution is 0.0253. The maximum atomic E-state index is 3.82. The van der Waals surface area contributed by atoms with Crippen LogP contribution in [0.5, 0.6) is 0 Å². The van der Waals surface area contributed by atoms with E-state index >= 15 is 0 Å².